The number of aromatic nitrogens is 5. The second-order valence-electron chi connectivity index (χ2n) is 8.01. The average Bonchev–Trinajstić information content (AvgIpc) is 3.53. The van der Waals surface area contributed by atoms with Crippen molar-refractivity contribution in [1.82, 2.24) is 25.1 Å². The summed E-state index contributed by atoms with van der Waals surface area (Å²) in [6, 6.07) is 14.0. The lowest BCUT2D eigenvalue weighted by Gasteiger charge is -2.38. The van der Waals surface area contributed by atoms with Gasteiger partial charge in [-0.15, -0.1) is 11.3 Å². The van der Waals surface area contributed by atoms with Gasteiger partial charge in [-0.25, -0.2) is 9.97 Å². The highest BCUT2D eigenvalue weighted by Gasteiger charge is 2.31. The summed E-state index contributed by atoms with van der Waals surface area (Å²) >= 11 is 1.65. The molecular weight excluding hydrogens is 436 g/mol. The van der Waals surface area contributed by atoms with Crippen molar-refractivity contribution in [1.29, 1.82) is 0 Å². The van der Waals surface area contributed by atoms with E-state index < -0.39 is 0 Å². The van der Waals surface area contributed by atoms with Crippen molar-refractivity contribution in [3.8, 4) is 0 Å². The fraction of sp³-hybridized carbons (Fsp3) is 0.250. The van der Waals surface area contributed by atoms with Crippen LogP contribution in [0.3, 0.4) is 0 Å². The Kier molecular flexibility index (Phi) is 5.43. The van der Waals surface area contributed by atoms with Gasteiger partial charge >= 0.3 is 0 Å². The zero-order chi connectivity index (χ0) is 22.0. The second kappa shape index (κ2) is 8.86. The fourth-order valence-electron chi connectivity index (χ4n) is 4.22. The summed E-state index contributed by atoms with van der Waals surface area (Å²) in [6.45, 7) is 2.19. The van der Waals surface area contributed by atoms with E-state index in [0.29, 0.717) is 32.3 Å². The van der Waals surface area contributed by atoms with Crippen molar-refractivity contribution in [2.24, 2.45) is 0 Å². The number of hydrogen-bond acceptors (Lipinski definition) is 8. The van der Waals surface area contributed by atoms with E-state index in [9.17, 15) is 0 Å². The molecule has 2 unspecified atom stereocenters. The Bertz CT molecular complexity index is 1370. The lowest BCUT2D eigenvalue weighted by atomic mass is 10.0. The molecule has 1 saturated heterocycles. The standard InChI is InChI=1S/C24H22N6O2S/c1-2-8-25-16(4-1)14-31-15-17-12-30(24-26-11-23-21(28-24)7-9-33-23)13-22(32-17)18-5-3-6-20-19(18)10-27-29-20/h1-11,17,22H,12-15H2,(H,27,29). The maximum Gasteiger partial charge on any atom is 0.226 e. The Labute approximate surface area is 194 Å². The first-order chi connectivity index (χ1) is 16.3. The number of benzene rings is 1. The van der Waals surface area contributed by atoms with Crippen molar-refractivity contribution >= 4 is 38.4 Å². The van der Waals surface area contributed by atoms with Gasteiger partial charge in [0.15, 0.2) is 0 Å². The number of anilines is 1. The van der Waals surface area contributed by atoms with Crippen LogP contribution in [0.4, 0.5) is 5.95 Å². The van der Waals surface area contributed by atoms with Crippen LogP contribution in [0.25, 0.3) is 21.1 Å². The van der Waals surface area contributed by atoms with Gasteiger partial charge in [0, 0.05) is 18.1 Å². The van der Waals surface area contributed by atoms with E-state index in [1.807, 2.05) is 54.2 Å². The summed E-state index contributed by atoms with van der Waals surface area (Å²) in [4.78, 5) is 16.0. The van der Waals surface area contributed by atoms with E-state index in [1.165, 1.54) is 0 Å². The van der Waals surface area contributed by atoms with E-state index in [1.54, 1.807) is 17.5 Å². The molecule has 4 aromatic heterocycles. The number of ether oxygens (including phenoxy) is 2. The van der Waals surface area contributed by atoms with Gasteiger partial charge in [-0.3, -0.25) is 10.1 Å². The summed E-state index contributed by atoms with van der Waals surface area (Å²) in [5, 5.41) is 10.4. The van der Waals surface area contributed by atoms with Crippen LogP contribution in [0, 0.1) is 0 Å². The fourth-order valence-corrected chi connectivity index (χ4v) is 4.92. The number of nitrogens with zero attached hydrogens (tertiary/aromatic N) is 5. The number of H-pyrrole nitrogens is 1. The smallest absolute Gasteiger partial charge is 0.226 e. The highest BCUT2D eigenvalue weighted by Crippen LogP contribution is 2.32. The molecule has 0 spiro atoms. The molecule has 1 aliphatic heterocycles. The molecule has 1 aliphatic rings. The summed E-state index contributed by atoms with van der Waals surface area (Å²) in [7, 11) is 0. The zero-order valence-electron chi connectivity index (χ0n) is 17.8. The van der Waals surface area contributed by atoms with E-state index >= 15 is 0 Å². The molecule has 5 heterocycles. The summed E-state index contributed by atoms with van der Waals surface area (Å²) in [5.41, 5.74) is 3.95. The molecule has 33 heavy (non-hydrogen) atoms. The van der Waals surface area contributed by atoms with Gasteiger partial charge in [0.25, 0.3) is 0 Å². The highest BCUT2D eigenvalue weighted by atomic mass is 32.1. The van der Waals surface area contributed by atoms with E-state index in [-0.39, 0.29) is 12.2 Å². The van der Waals surface area contributed by atoms with Crippen molar-refractivity contribution < 1.29 is 9.47 Å². The number of fused-ring (bicyclic) bond motifs is 2. The first-order valence-electron chi connectivity index (χ1n) is 10.8. The maximum atomic E-state index is 6.53. The zero-order valence-corrected chi connectivity index (χ0v) is 18.6. The van der Waals surface area contributed by atoms with Gasteiger partial charge in [-0.1, -0.05) is 18.2 Å². The molecule has 1 N–H and O–H groups in total. The minimum absolute atomic E-state index is 0.142. The van der Waals surface area contributed by atoms with Gasteiger partial charge in [0.1, 0.15) is 6.10 Å². The van der Waals surface area contributed by atoms with E-state index in [4.69, 9.17) is 14.5 Å². The molecule has 6 rings (SSSR count). The van der Waals surface area contributed by atoms with Crippen LogP contribution in [0.1, 0.15) is 17.4 Å². The number of rotatable bonds is 6. The second-order valence-corrected chi connectivity index (χ2v) is 8.95. The number of nitrogens with one attached hydrogen (secondary N) is 1. The average molecular weight is 459 g/mol. The number of pyridine rings is 1. The Balaban J connectivity index is 1.27. The molecule has 8 nitrogen and oxygen atoms in total. The summed E-state index contributed by atoms with van der Waals surface area (Å²) < 4.78 is 13.6. The molecule has 0 saturated carbocycles. The molecular formula is C24H22N6O2S. The molecule has 0 amide bonds. The Morgan fingerprint density at radius 3 is 3.03 bits per heavy atom. The molecule has 0 radical (unpaired) electrons. The van der Waals surface area contributed by atoms with Crippen LogP contribution in [0.5, 0.6) is 0 Å². The van der Waals surface area contributed by atoms with Gasteiger partial charge in [0.05, 0.1) is 59.7 Å². The minimum atomic E-state index is -0.162. The quantitative estimate of drug-likeness (QED) is 0.409. The number of hydrogen-bond donors (Lipinski definition) is 1. The molecule has 0 bridgehead atoms. The van der Waals surface area contributed by atoms with Crippen molar-refractivity contribution in [2.75, 3.05) is 24.6 Å². The number of aromatic amines is 1. The molecule has 1 aromatic carbocycles. The van der Waals surface area contributed by atoms with Crippen molar-refractivity contribution in [3.05, 3.63) is 77.7 Å². The third kappa shape index (κ3) is 4.18. The van der Waals surface area contributed by atoms with Gasteiger partial charge in [-0.2, -0.15) is 5.10 Å². The van der Waals surface area contributed by atoms with E-state index in [0.717, 1.165) is 32.4 Å². The number of thiophene rings is 1. The first kappa shape index (κ1) is 20.2. The van der Waals surface area contributed by atoms with Crippen LogP contribution in [-0.4, -0.2) is 50.9 Å². The van der Waals surface area contributed by atoms with Crippen molar-refractivity contribution in [2.45, 2.75) is 18.8 Å². The van der Waals surface area contributed by atoms with Crippen LogP contribution in [-0.2, 0) is 16.1 Å². The SMILES string of the molecule is c1ccc(COCC2CN(c3ncc4sccc4n3)CC(c3cccc4[nH]ncc34)O2)nc1. The van der Waals surface area contributed by atoms with Gasteiger partial charge in [-0.05, 0) is 35.2 Å². The molecule has 166 valence electrons. The van der Waals surface area contributed by atoms with Crippen LogP contribution >= 0.6 is 11.3 Å². The largest absolute Gasteiger partial charge is 0.372 e. The predicted octanol–water partition coefficient (Wildman–Crippen LogP) is 4.13. The minimum Gasteiger partial charge on any atom is -0.372 e. The van der Waals surface area contributed by atoms with Crippen LogP contribution in [0.15, 0.2) is 66.4 Å². The summed E-state index contributed by atoms with van der Waals surface area (Å²) in [6.07, 6.45) is 5.22. The third-order valence-corrected chi connectivity index (χ3v) is 6.63. The Hall–Kier alpha value is -3.40. The van der Waals surface area contributed by atoms with Crippen LogP contribution in [0.2, 0.25) is 0 Å². The van der Waals surface area contributed by atoms with Gasteiger partial charge in [0.2, 0.25) is 5.95 Å². The molecule has 0 aliphatic carbocycles. The highest BCUT2D eigenvalue weighted by molar-refractivity contribution is 7.17. The van der Waals surface area contributed by atoms with Gasteiger partial charge < -0.3 is 14.4 Å². The maximum absolute atomic E-state index is 6.53. The molecule has 9 heteroatoms. The first-order valence-corrected chi connectivity index (χ1v) is 11.7. The molecule has 5 aromatic rings. The molecule has 1 fully saturated rings. The summed E-state index contributed by atoms with van der Waals surface area (Å²) in [5.74, 6) is 0.711. The molecule has 2 atom stereocenters. The Morgan fingerprint density at radius 2 is 2.09 bits per heavy atom. The van der Waals surface area contributed by atoms with Crippen molar-refractivity contribution in [3.63, 3.8) is 0 Å². The lowest BCUT2D eigenvalue weighted by molar-refractivity contribution is -0.0720. The normalized spacial score (nSPS) is 18.8. The predicted molar refractivity (Wildman–Crippen MR) is 127 cm³/mol. The van der Waals surface area contributed by atoms with Crippen LogP contribution < -0.4 is 4.90 Å². The number of morpholine rings is 1. The monoisotopic (exact) mass is 458 g/mol. The van der Waals surface area contributed by atoms with E-state index in [2.05, 4.69) is 31.1 Å². The topological polar surface area (TPSA) is 89.1 Å². The third-order valence-electron chi connectivity index (χ3n) is 5.79. The Morgan fingerprint density at radius 1 is 1.09 bits per heavy atom. The lowest BCUT2D eigenvalue weighted by Crippen LogP contribution is -2.46.